The largest absolute Gasteiger partial charge is 0.393 e. The fourth-order valence-electron chi connectivity index (χ4n) is 6.59. The van der Waals surface area contributed by atoms with E-state index < -0.39 is 6.10 Å². The van der Waals surface area contributed by atoms with Gasteiger partial charge in [0, 0.05) is 17.3 Å². The lowest BCUT2D eigenvalue weighted by atomic mass is 9.47. The molecule has 0 aliphatic heterocycles. The molecule has 3 saturated carbocycles. The van der Waals surface area contributed by atoms with E-state index in [1.807, 2.05) is 6.08 Å². The van der Waals surface area contributed by atoms with Gasteiger partial charge < -0.3 is 9.90 Å². The van der Waals surface area contributed by atoms with E-state index in [1.165, 1.54) is 5.57 Å². The minimum absolute atomic E-state index is 0.0475. The Balaban J connectivity index is 1.75. The van der Waals surface area contributed by atoms with Gasteiger partial charge in [0.1, 0.15) is 6.29 Å². The van der Waals surface area contributed by atoms with E-state index in [1.54, 1.807) is 12.2 Å². The summed E-state index contributed by atoms with van der Waals surface area (Å²) in [5.74, 6) is 1.32. The zero-order chi connectivity index (χ0) is 16.4. The predicted molar refractivity (Wildman–Crippen MR) is 87.6 cm³/mol. The highest BCUT2D eigenvalue weighted by molar-refractivity contribution is 6.01. The minimum Gasteiger partial charge on any atom is -0.393 e. The van der Waals surface area contributed by atoms with E-state index in [4.69, 9.17) is 0 Å². The van der Waals surface area contributed by atoms with Gasteiger partial charge in [0.2, 0.25) is 0 Å². The maximum Gasteiger partial charge on any atom is 0.178 e. The minimum atomic E-state index is -0.395. The molecule has 1 N–H and O–H groups in total. The number of fused-ring (bicyclic) bond motifs is 5. The third-order valence-corrected chi connectivity index (χ3v) is 7.73. The van der Waals surface area contributed by atoms with Crippen LogP contribution < -0.4 is 0 Å². The number of carbonyl (C=O) groups excluding carboxylic acids is 2. The van der Waals surface area contributed by atoms with Gasteiger partial charge in [0.25, 0.3) is 0 Å². The molecular formula is C20H26O3. The van der Waals surface area contributed by atoms with Crippen molar-refractivity contribution in [2.45, 2.75) is 52.1 Å². The number of carbonyl (C=O) groups is 2. The van der Waals surface area contributed by atoms with Crippen LogP contribution in [0.4, 0.5) is 0 Å². The molecule has 4 aliphatic carbocycles. The lowest BCUT2D eigenvalue weighted by Crippen LogP contribution is -2.55. The number of rotatable bonds is 1. The molecular weight excluding hydrogens is 288 g/mol. The molecule has 0 radical (unpaired) electrons. The zero-order valence-electron chi connectivity index (χ0n) is 14.0. The molecule has 3 nitrogen and oxygen atoms in total. The molecule has 3 heteroatoms. The van der Waals surface area contributed by atoms with E-state index in [9.17, 15) is 14.7 Å². The second-order valence-corrected chi connectivity index (χ2v) is 8.62. The summed E-state index contributed by atoms with van der Waals surface area (Å²) in [7, 11) is 0. The van der Waals surface area contributed by atoms with Crippen LogP contribution in [-0.4, -0.2) is 23.3 Å². The summed E-state index contributed by atoms with van der Waals surface area (Å²) >= 11 is 0. The molecule has 0 aromatic rings. The van der Waals surface area contributed by atoms with Crippen molar-refractivity contribution >= 4 is 12.1 Å². The SMILES string of the molecule is CC12C=CC(=O)C=C1CCC1C2C(O)CC2(C)C(C=O)CCC12. The van der Waals surface area contributed by atoms with Crippen LogP contribution in [-0.2, 0) is 9.59 Å². The number of aliphatic hydroxyl groups is 1. The van der Waals surface area contributed by atoms with Gasteiger partial charge in [0.15, 0.2) is 5.78 Å². The van der Waals surface area contributed by atoms with Crippen LogP contribution in [0.5, 0.6) is 0 Å². The Kier molecular flexibility index (Phi) is 3.26. The lowest BCUT2D eigenvalue weighted by Gasteiger charge is -2.58. The fourth-order valence-corrected chi connectivity index (χ4v) is 6.59. The van der Waals surface area contributed by atoms with Crippen LogP contribution in [0.3, 0.4) is 0 Å². The van der Waals surface area contributed by atoms with E-state index in [2.05, 4.69) is 13.8 Å². The van der Waals surface area contributed by atoms with E-state index in [0.717, 1.165) is 32.0 Å². The predicted octanol–water partition coefficient (Wildman–Crippen LogP) is 3.08. The maximum atomic E-state index is 11.8. The second kappa shape index (κ2) is 4.89. The summed E-state index contributed by atoms with van der Waals surface area (Å²) in [5.41, 5.74) is 0.948. The van der Waals surface area contributed by atoms with Gasteiger partial charge in [-0.2, -0.15) is 0 Å². The Morgan fingerprint density at radius 1 is 1.26 bits per heavy atom. The number of ketones is 1. The summed E-state index contributed by atoms with van der Waals surface area (Å²) in [6, 6.07) is 0. The number of allylic oxidation sites excluding steroid dienone is 4. The molecule has 23 heavy (non-hydrogen) atoms. The molecule has 0 bridgehead atoms. The molecule has 7 unspecified atom stereocenters. The standard InChI is InChI=1S/C20H26O3/c1-19-8-7-14(22)9-12(19)3-5-15-16-6-4-13(11-21)20(16,2)10-17(23)18(15)19/h7-9,11,13,15-18,23H,3-6,10H2,1-2H3. The highest BCUT2D eigenvalue weighted by Gasteiger charge is 2.61. The van der Waals surface area contributed by atoms with Crippen molar-refractivity contribution in [2.75, 3.05) is 0 Å². The summed E-state index contributed by atoms with van der Waals surface area (Å²) in [6.45, 7) is 4.41. The number of hydrogen-bond acceptors (Lipinski definition) is 3. The molecule has 0 saturated heterocycles. The van der Waals surface area contributed by atoms with E-state index in [-0.39, 0.29) is 28.4 Å². The average molecular weight is 314 g/mol. The van der Waals surface area contributed by atoms with E-state index >= 15 is 0 Å². The molecule has 0 heterocycles. The van der Waals surface area contributed by atoms with Crippen LogP contribution in [0, 0.1) is 34.5 Å². The molecule has 0 aromatic heterocycles. The summed E-state index contributed by atoms with van der Waals surface area (Å²) < 4.78 is 0. The monoisotopic (exact) mass is 314 g/mol. The first-order valence-corrected chi connectivity index (χ1v) is 8.98. The number of hydrogen-bond donors (Lipinski definition) is 1. The van der Waals surface area contributed by atoms with Crippen molar-refractivity contribution in [3.8, 4) is 0 Å². The molecule has 7 atom stereocenters. The maximum absolute atomic E-state index is 11.8. The van der Waals surface area contributed by atoms with Crippen LogP contribution in [0.15, 0.2) is 23.8 Å². The normalized spacial score (nSPS) is 51.5. The first-order valence-electron chi connectivity index (χ1n) is 8.98. The highest BCUT2D eigenvalue weighted by atomic mass is 16.3. The van der Waals surface area contributed by atoms with Gasteiger partial charge in [-0.25, -0.2) is 0 Å². The summed E-state index contributed by atoms with van der Waals surface area (Å²) in [6.07, 6.45) is 11.0. The van der Waals surface area contributed by atoms with Crippen molar-refractivity contribution in [1.29, 1.82) is 0 Å². The fraction of sp³-hybridized carbons (Fsp3) is 0.700. The summed E-state index contributed by atoms with van der Waals surface area (Å²) in [5, 5.41) is 11.0. The first-order chi connectivity index (χ1) is 10.9. The molecule has 4 aliphatic rings. The van der Waals surface area contributed by atoms with Crippen molar-refractivity contribution < 1.29 is 14.7 Å². The molecule has 124 valence electrons. The van der Waals surface area contributed by atoms with Gasteiger partial charge in [-0.1, -0.05) is 25.5 Å². The van der Waals surface area contributed by atoms with Gasteiger partial charge >= 0.3 is 0 Å². The second-order valence-electron chi connectivity index (χ2n) is 8.62. The molecule has 3 fully saturated rings. The topological polar surface area (TPSA) is 54.4 Å². The Labute approximate surface area is 137 Å². The number of aldehydes is 1. The van der Waals surface area contributed by atoms with Gasteiger partial charge in [-0.3, -0.25) is 4.79 Å². The molecule has 0 spiro atoms. The lowest BCUT2D eigenvalue weighted by molar-refractivity contribution is -0.130. The van der Waals surface area contributed by atoms with Gasteiger partial charge in [-0.05, 0) is 61.5 Å². The van der Waals surface area contributed by atoms with Crippen LogP contribution in [0.2, 0.25) is 0 Å². The van der Waals surface area contributed by atoms with Crippen molar-refractivity contribution in [3.63, 3.8) is 0 Å². The Morgan fingerprint density at radius 2 is 2.04 bits per heavy atom. The first kappa shape index (κ1) is 15.3. The van der Waals surface area contributed by atoms with Crippen molar-refractivity contribution in [3.05, 3.63) is 23.8 Å². The third kappa shape index (κ3) is 1.92. The van der Waals surface area contributed by atoms with Crippen LogP contribution in [0.25, 0.3) is 0 Å². The summed E-state index contributed by atoms with van der Waals surface area (Å²) in [4.78, 5) is 23.3. The van der Waals surface area contributed by atoms with Gasteiger partial charge in [0.05, 0.1) is 6.10 Å². The third-order valence-electron chi connectivity index (χ3n) is 7.73. The quantitative estimate of drug-likeness (QED) is 0.757. The van der Waals surface area contributed by atoms with Crippen LogP contribution in [0.1, 0.15) is 46.0 Å². The van der Waals surface area contributed by atoms with Crippen molar-refractivity contribution in [2.24, 2.45) is 34.5 Å². The Morgan fingerprint density at radius 3 is 2.78 bits per heavy atom. The molecule has 0 aromatic carbocycles. The zero-order valence-corrected chi connectivity index (χ0v) is 14.0. The molecule has 4 rings (SSSR count). The Hall–Kier alpha value is -1.22. The van der Waals surface area contributed by atoms with E-state index in [0.29, 0.717) is 18.3 Å². The highest BCUT2D eigenvalue weighted by Crippen LogP contribution is 2.65. The van der Waals surface area contributed by atoms with Crippen LogP contribution >= 0.6 is 0 Å². The number of aliphatic hydroxyl groups excluding tert-OH is 1. The molecule has 0 amide bonds. The van der Waals surface area contributed by atoms with Crippen molar-refractivity contribution in [1.82, 2.24) is 0 Å². The average Bonchev–Trinajstić information content (AvgIpc) is 2.83. The smallest absolute Gasteiger partial charge is 0.178 e. The Bertz CT molecular complexity index is 618. The van der Waals surface area contributed by atoms with Gasteiger partial charge in [-0.15, -0.1) is 0 Å².